The van der Waals surface area contributed by atoms with Gasteiger partial charge in [0.1, 0.15) is 0 Å². The molecule has 108 valence electrons. The second kappa shape index (κ2) is 5.41. The summed E-state index contributed by atoms with van der Waals surface area (Å²) in [6.07, 6.45) is 2.81. The van der Waals surface area contributed by atoms with Crippen molar-refractivity contribution in [2.75, 3.05) is 18.9 Å². The molecular weight excluding hydrogens is 282 g/mol. The van der Waals surface area contributed by atoms with Crippen molar-refractivity contribution < 1.29 is 17.9 Å². The van der Waals surface area contributed by atoms with Crippen molar-refractivity contribution in [2.24, 2.45) is 0 Å². The number of ether oxygens (including phenoxy) is 2. The van der Waals surface area contributed by atoms with Crippen LogP contribution in [0.1, 0.15) is 5.56 Å². The van der Waals surface area contributed by atoms with Gasteiger partial charge < -0.3 is 14.5 Å². The van der Waals surface area contributed by atoms with E-state index in [9.17, 15) is 8.42 Å². The van der Waals surface area contributed by atoms with Crippen LogP contribution in [0.4, 0.5) is 5.69 Å². The molecule has 0 atom stereocenters. The average molecular weight is 297 g/mol. The number of methoxy groups -OCH3 is 2. The van der Waals surface area contributed by atoms with E-state index in [4.69, 9.17) is 9.47 Å². The molecule has 0 aliphatic heterocycles. The molecule has 1 heterocycles. The minimum Gasteiger partial charge on any atom is -0.493 e. The van der Waals surface area contributed by atoms with Crippen LogP contribution in [0.15, 0.2) is 29.7 Å². The normalized spacial score (nSPS) is 11.2. The number of hydrogen-bond donors (Lipinski definition) is 2. The predicted molar refractivity (Wildman–Crippen MR) is 73.7 cm³/mol. The molecule has 0 amide bonds. The molecule has 0 aliphatic carbocycles. The van der Waals surface area contributed by atoms with E-state index in [1.54, 1.807) is 19.1 Å². The van der Waals surface area contributed by atoms with Crippen LogP contribution in [0.3, 0.4) is 0 Å². The third-order valence-electron chi connectivity index (χ3n) is 2.70. The first-order valence-corrected chi connectivity index (χ1v) is 7.21. The predicted octanol–water partition coefficient (Wildman–Crippen LogP) is 1.54. The minimum absolute atomic E-state index is 0.147. The van der Waals surface area contributed by atoms with Gasteiger partial charge in [-0.1, -0.05) is 0 Å². The fraction of sp³-hybridized carbons (Fsp3) is 0.250. The molecule has 0 spiro atoms. The molecule has 0 aliphatic rings. The number of sulfonamides is 1. The van der Waals surface area contributed by atoms with Crippen LogP contribution in [0.2, 0.25) is 0 Å². The quantitative estimate of drug-likeness (QED) is 0.873. The highest BCUT2D eigenvalue weighted by atomic mass is 32.2. The van der Waals surface area contributed by atoms with Gasteiger partial charge in [-0.15, -0.1) is 0 Å². The third-order valence-corrected chi connectivity index (χ3v) is 3.92. The van der Waals surface area contributed by atoms with E-state index in [2.05, 4.69) is 14.7 Å². The Balaban J connectivity index is 2.39. The Labute approximate surface area is 117 Å². The van der Waals surface area contributed by atoms with Crippen LogP contribution in [0, 0.1) is 6.92 Å². The molecule has 0 radical (unpaired) electrons. The van der Waals surface area contributed by atoms with Gasteiger partial charge in [0.15, 0.2) is 11.5 Å². The molecule has 0 unspecified atom stereocenters. The van der Waals surface area contributed by atoms with Gasteiger partial charge in [-0.05, 0) is 18.6 Å². The van der Waals surface area contributed by atoms with Crippen molar-refractivity contribution in [2.45, 2.75) is 12.1 Å². The average Bonchev–Trinajstić information content (AvgIpc) is 2.95. The number of aryl methyl sites for hydroxylation is 1. The van der Waals surface area contributed by atoms with Crippen molar-refractivity contribution in [1.29, 1.82) is 0 Å². The van der Waals surface area contributed by atoms with Crippen molar-refractivity contribution in [1.82, 2.24) is 9.97 Å². The maximum Gasteiger partial charge on any atom is 0.295 e. The number of anilines is 1. The second-order valence-electron chi connectivity index (χ2n) is 4.02. The fourth-order valence-electron chi connectivity index (χ4n) is 1.68. The van der Waals surface area contributed by atoms with Crippen LogP contribution in [-0.4, -0.2) is 32.6 Å². The number of hydrogen-bond acceptors (Lipinski definition) is 5. The van der Waals surface area contributed by atoms with Crippen LogP contribution >= 0.6 is 0 Å². The van der Waals surface area contributed by atoms with E-state index in [1.165, 1.54) is 26.6 Å². The molecule has 2 aromatic rings. The maximum atomic E-state index is 12.1. The van der Waals surface area contributed by atoms with Gasteiger partial charge in [-0.25, -0.2) is 4.98 Å². The SMILES string of the molecule is COc1cc(C)c(NS(=O)(=O)c2ncc[nH]2)cc1OC. The molecule has 7 nitrogen and oxygen atoms in total. The van der Waals surface area contributed by atoms with Gasteiger partial charge in [0, 0.05) is 18.5 Å². The Hall–Kier alpha value is -2.22. The number of aromatic amines is 1. The summed E-state index contributed by atoms with van der Waals surface area (Å²) in [5.74, 6) is 0.973. The summed E-state index contributed by atoms with van der Waals surface area (Å²) >= 11 is 0. The van der Waals surface area contributed by atoms with Gasteiger partial charge in [-0.3, -0.25) is 4.72 Å². The Bertz CT molecular complexity index is 696. The molecule has 0 fully saturated rings. The minimum atomic E-state index is -3.75. The first-order valence-electron chi connectivity index (χ1n) is 5.72. The molecule has 20 heavy (non-hydrogen) atoms. The van der Waals surface area contributed by atoms with Gasteiger partial charge >= 0.3 is 0 Å². The Morgan fingerprint density at radius 2 is 1.85 bits per heavy atom. The zero-order valence-corrected chi connectivity index (χ0v) is 12.1. The number of nitrogens with zero attached hydrogens (tertiary/aromatic N) is 1. The summed E-state index contributed by atoms with van der Waals surface area (Å²) in [5.41, 5.74) is 1.11. The van der Waals surface area contributed by atoms with E-state index in [0.717, 1.165) is 0 Å². The smallest absolute Gasteiger partial charge is 0.295 e. The summed E-state index contributed by atoms with van der Waals surface area (Å²) < 4.78 is 36.9. The molecule has 0 saturated carbocycles. The molecule has 0 saturated heterocycles. The van der Waals surface area contributed by atoms with Crippen molar-refractivity contribution in [3.05, 3.63) is 30.1 Å². The lowest BCUT2D eigenvalue weighted by Gasteiger charge is -2.13. The first kappa shape index (κ1) is 14.2. The first-order chi connectivity index (χ1) is 9.47. The summed E-state index contributed by atoms with van der Waals surface area (Å²) in [6, 6.07) is 3.26. The van der Waals surface area contributed by atoms with Crippen LogP contribution in [0.5, 0.6) is 11.5 Å². The molecule has 2 rings (SSSR count). The Morgan fingerprint density at radius 1 is 1.20 bits per heavy atom. The molecule has 0 bridgehead atoms. The van der Waals surface area contributed by atoms with Gasteiger partial charge in [0.05, 0.1) is 19.9 Å². The maximum absolute atomic E-state index is 12.1. The van der Waals surface area contributed by atoms with E-state index in [1.807, 2.05) is 0 Å². The monoisotopic (exact) mass is 297 g/mol. The van der Waals surface area contributed by atoms with Crippen molar-refractivity contribution in [3.8, 4) is 11.5 Å². The summed E-state index contributed by atoms with van der Waals surface area (Å²) in [5, 5.41) is -0.147. The van der Waals surface area contributed by atoms with Crippen LogP contribution in [0.25, 0.3) is 0 Å². The Morgan fingerprint density at radius 3 is 2.40 bits per heavy atom. The van der Waals surface area contributed by atoms with Crippen molar-refractivity contribution >= 4 is 15.7 Å². The molecule has 1 aromatic heterocycles. The topological polar surface area (TPSA) is 93.3 Å². The molecule has 8 heteroatoms. The van der Waals surface area contributed by atoms with Crippen molar-refractivity contribution in [3.63, 3.8) is 0 Å². The second-order valence-corrected chi connectivity index (χ2v) is 5.62. The summed E-state index contributed by atoms with van der Waals surface area (Å²) in [4.78, 5) is 6.28. The molecule has 1 aromatic carbocycles. The third kappa shape index (κ3) is 2.69. The number of H-pyrrole nitrogens is 1. The highest BCUT2D eigenvalue weighted by Gasteiger charge is 2.19. The van der Waals surface area contributed by atoms with E-state index in [-0.39, 0.29) is 5.16 Å². The number of imidazole rings is 1. The number of aromatic nitrogens is 2. The van der Waals surface area contributed by atoms with E-state index in [0.29, 0.717) is 22.7 Å². The zero-order chi connectivity index (χ0) is 14.8. The van der Waals surface area contributed by atoms with Crippen LogP contribution in [-0.2, 0) is 10.0 Å². The van der Waals surface area contributed by atoms with E-state index < -0.39 is 10.0 Å². The molecular formula is C12H15N3O4S. The lowest BCUT2D eigenvalue weighted by atomic mass is 10.2. The fourth-order valence-corrected chi connectivity index (χ4v) is 2.71. The Kier molecular flexibility index (Phi) is 3.84. The number of nitrogens with one attached hydrogen (secondary N) is 2. The lowest BCUT2D eigenvalue weighted by molar-refractivity contribution is 0.355. The lowest BCUT2D eigenvalue weighted by Crippen LogP contribution is -2.15. The molecule has 2 N–H and O–H groups in total. The highest BCUT2D eigenvalue weighted by Crippen LogP contribution is 2.33. The van der Waals surface area contributed by atoms with Gasteiger partial charge in [0.2, 0.25) is 5.16 Å². The summed E-state index contributed by atoms with van der Waals surface area (Å²) in [6.45, 7) is 1.77. The van der Waals surface area contributed by atoms with Gasteiger partial charge in [0.25, 0.3) is 10.0 Å². The van der Waals surface area contributed by atoms with E-state index >= 15 is 0 Å². The van der Waals surface area contributed by atoms with Crippen LogP contribution < -0.4 is 14.2 Å². The highest BCUT2D eigenvalue weighted by molar-refractivity contribution is 7.92. The number of rotatable bonds is 5. The standard InChI is InChI=1S/C12H15N3O4S/c1-8-6-10(18-2)11(19-3)7-9(8)15-20(16,17)12-13-4-5-14-12/h4-7,15H,1-3H3,(H,13,14). The largest absolute Gasteiger partial charge is 0.493 e. The summed E-state index contributed by atoms with van der Waals surface area (Å²) in [7, 11) is -0.748. The zero-order valence-electron chi connectivity index (χ0n) is 11.3. The van der Waals surface area contributed by atoms with Gasteiger partial charge in [-0.2, -0.15) is 8.42 Å². The number of benzene rings is 1.